The number of carbonyl (C=O) groups excluding carboxylic acids is 1. The van der Waals surface area contributed by atoms with Gasteiger partial charge in [-0.15, -0.1) is 0 Å². The van der Waals surface area contributed by atoms with Crippen molar-refractivity contribution >= 4 is 14.1 Å². The van der Waals surface area contributed by atoms with E-state index in [1.807, 2.05) is 4.98 Å². The average Bonchev–Trinajstić information content (AvgIpc) is 2.65. The number of aliphatic hydroxyl groups is 4. The van der Waals surface area contributed by atoms with E-state index in [1.54, 1.807) is 0 Å². The molecule has 0 amide bonds. The largest absolute Gasteiger partial charge is 0.473 e. The molecule has 1 heterocycles. The van der Waals surface area contributed by atoms with E-state index in [1.165, 1.54) is 6.20 Å². The first kappa shape index (κ1) is 25.3. The summed E-state index contributed by atoms with van der Waals surface area (Å²) in [6.07, 6.45) is -6.65. The summed E-state index contributed by atoms with van der Waals surface area (Å²) in [5.74, 6) is 0. The second kappa shape index (κ2) is 11.5. The highest BCUT2D eigenvalue weighted by Crippen LogP contribution is 2.45. The van der Waals surface area contributed by atoms with E-state index in [0.717, 1.165) is 6.92 Å². The summed E-state index contributed by atoms with van der Waals surface area (Å²) < 4.78 is 20.9. The Morgan fingerprint density at radius 2 is 1.86 bits per heavy atom. The third-order valence-electron chi connectivity index (χ3n) is 3.88. The van der Waals surface area contributed by atoms with Gasteiger partial charge in [0.2, 0.25) is 0 Å². The summed E-state index contributed by atoms with van der Waals surface area (Å²) in [4.78, 5) is 47.3. The molecule has 1 rings (SSSR count). The predicted molar refractivity (Wildman–Crippen MR) is 97.0 cm³/mol. The van der Waals surface area contributed by atoms with Gasteiger partial charge in [-0.05, 0) is 26.2 Å². The fraction of sp³-hybridized carbons (Fsp3) is 0.667. The molecule has 0 aliphatic rings. The van der Waals surface area contributed by atoms with Gasteiger partial charge in [-0.2, -0.15) is 0 Å². The number of phosphoric ester groups is 1. The highest BCUT2D eigenvalue weighted by Gasteiger charge is 2.36. The maximum atomic E-state index is 11.9. The lowest BCUT2D eigenvalue weighted by molar-refractivity contribution is -0.131. The number of aromatic amines is 2. The number of rotatable bonds is 13. The summed E-state index contributed by atoms with van der Waals surface area (Å²) in [7, 11) is -4.89. The molecule has 0 spiro atoms. The minimum Gasteiger partial charge on any atom is -0.391 e. The molecular weight excluding hydrogens is 415 g/mol. The number of hydrogen-bond acceptors (Lipinski definition) is 10. The van der Waals surface area contributed by atoms with Crippen LogP contribution in [0.15, 0.2) is 15.8 Å². The fourth-order valence-corrected chi connectivity index (χ4v) is 3.15. The lowest BCUT2D eigenvalue weighted by Gasteiger charge is -2.26. The van der Waals surface area contributed by atoms with Crippen LogP contribution in [0.1, 0.15) is 25.3 Å². The smallest absolute Gasteiger partial charge is 0.391 e. The number of hydrogen-bond donors (Lipinski definition) is 7. The molecule has 0 saturated heterocycles. The molecule has 0 fully saturated rings. The van der Waals surface area contributed by atoms with Crippen molar-refractivity contribution in [2.24, 2.45) is 0 Å². The van der Waals surface area contributed by atoms with Gasteiger partial charge in [0, 0.05) is 11.8 Å². The third-order valence-corrected chi connectivity index (χ3v) is 4.86. The van der Waals surface area contributed by atoms with Crippen molar-refractivity contribution in [2.75, 3.05) is 6.61 Å². The monoisotopic (exact) mass is 440 g/mol. The van der Waals surface area contributed by atoms with Crippen molar-refractivity contribution in [3.8, 4) is 0 Å². The molecule has 0 aliphatic heterocycles. The van der Waals surface area contributed by atoms with Crippen LogP contribution in [0.4, 0.5) is 0 Å². The molecule has 166 valence electrons. The van der Waals surface area contributed by atoms with E-state index in [2.05, 4.69) is 14.0 Å². The number of aryl methyl sites for hydroxylation is 1. The lowest BCUT2D eigenvalue weighted by atomic mass is 10.1. The molecule has 2 unspecified atom stereocenters. The Hall–Kier alpha value is -1.70. The number of nitrogens with one attached hydrogen (secondary N) is 2. The normalized spacial score (nSPS) is 19.0. The molecule has 0 radical (unpaired) electrons. The van der Waals surface area contributed by atoms with Crippen LogP contribution < -0.4 is 11.2 Å². The van der Waals surface area contributed by atoms with Crippen molar-refractivity contribution < 1.29 is 43.7 Å². The number of aldehydes is 1. The maximum Gasteiger partial charge on any atom is 0.473 e. The summed E-state index contributed by atoms with van der Waals surface area (Å²) in [5.41, 5.74) is -0.926. The lowest BCUT2D eigenvalue weighted by Crippen LogP contribution is -2.45. The number of aromatic nitrogens is 2. The van der Waals surface area contributed by atoms with Gasteiger partial charge in [-0.1, -0.05) is 0 Å². The van der Waals surface area contributed by atoms with E-state index in [4.69, 9.17) is 0 Å². The van der Waals surface area contributed by atoms with Crippen LogP contribution in [0, 0.1) is 0 Å². The van der Waals surface area contributed by atoms with E-state index >= 15 is 0 Å². The Bertz CT molecular complexity index is 808. The van der Waals surface area contributed by atoms with Crippen molar-refractivity contribution in [3.05, 3.63) is 32.6 Å². The standard InChI is InChI=1S/C15H25N2O11P/c1-8(19)12(21)13(22)11(6-18)28-29(25,26)27-7-10(20)4-2-3-9-5-16-15(24)17-14(9)23/h5-6,8,10-13,19-22H,2-4,7H2,1H3,(H,25,26)(H2,16,17,23,24)/t8-,10?,11+,12-,13-/m1/s1. The molecule has 0 saturated carbocycles. The Morgan fingerprint density at radius 3 is 2.41 bits per heavy atom. The van der Waals surface area contributed by atoms with Crippen LogP contribution in [-0.2, 0) is 24.8 Å². The number of phosphoric acid groups is 1. The molecule has 1 aromatic rings. The Morgan fingerprint density at radius 1 is 1.21 bits per heavy atom. The third kappa shape index (κ3) is 8.68. The second-order valence-electron chi connectivity index (χ2n) is 6.34. The zero-order chi connectivity index (χ0) is 22.2. The highest BCUT2D eigenvalue weighted by atomic mass is 31.2. The van der Waals surface area contributed by atoms with Crippen molar-refractivity contribution in [3.63, 3.8) is 0 Å². The van der Waals surface area contributed by atoms with Crippen molar-refractivity contribution in [1.82, 2.24) is 9.97 Å². The zero-order valence-electron chi connectivity index (χ0n) is 15.5. The number of H-pyrrole nitrogens is 2. The maximum absolute atomic E-state index is 11.9. The predicted octanol–water partition coefficient (Wildman–Crippen LogP) is -2.45. The highest BCUT2D eigenvalue weighted by molar-refractivity contribution is 7.47. The Balaban J connectivity index is 2.48. The van der Waals surface area contributed by atoms with Crippen LogP contribution >= 0.6 is 7.82 Å². The molecule has 6 atom stereocenters. The minimum absolute atomic E-state index is 0.0410. The summed E-state index contributed by atoms with van der Waals surface area (Å²) >= 11 is 0. The van der Waals surface area contributed by atoms with Gasteiger partial charge in [0.1, 0.15) is 12.2 Å². The van der Waals surface area contributed by atoms with Gasteiger partial charge in [0.05, 0.1) is 18.8 Å². The summed E-state index contributed by atoms with van der Waals surface area (Å²) in [6, 6.07) is 0. The molecular formula is C15H25N2O11P. The van der Waals surface area contributed by atoms with E-state index in [0.29, 0.717) is 0 Å². The van der Waals surface area contributed by atoms with Crippen LogP contribution in [-0.4, -0.2) is 78.7 Å². The first-order chi connectivity index (χ1) is 13.5. The summed E-state index contributed by atoms with van der Waals surface area (Å²) in [6.45, 7) is 0.471. The fourth-order valence-electron chi connectivity index (χ4n) is 2.25. The zero-order valence-corrected chi connectivity index (χ0v) is 16.4. The van der Waals surface area contributed by atoms with Gasteiger partial charge < -0.3 is 35.1 Å². The molecule has 7 N–H and O–H groups in total. The topological polar surface area (TPSA) is 219 Å². The Labute approximate surface area is 164 Å². The van der Waals surface area contributed by atoms with Gasteiger partial charge in [-0.25, -0.2) is 9.36 Å². The van der Waals surface area contributed by atoms with Gasteiger partial charge in [-0.3, -0.25) is 18.8 Å². The number of aliphatic hydroxyl groups excluding tert-OH is 4. The Kier molecular flexibility index (Phi) is 10.0. The second-order valence-corrected chi connectivity index (χ2v) is 7.74. The number of carbonyl (C=O) groups is 1. The molecule has 1 aromatic heterocycles. The molecule has 29 heavy (non-hydrogen) atoms. The molecule has 0 aliphatic carbocycles. The van der Waals surface area contributed by atoms with E-state index < -0.39 is 56.2 Å². The van der Waals surface area contributed by atoms with Gasteiger partial charge in [0.25, 0.3) is 5.56 Å². The minimum atomic E-state index is -4.89. The van der Waals surface area contributed by atoms with Crippen LogP contribution in [0.3, 0.4) is 0 Å². The SMILES string of the molecule is C[C@@H](O)[C@@H](O)[C@H](O)[C@H](C=O)OP(=O)(O)OCC(O)CCCc1c[nH]c(=O)[nH]c1=O. The van der Waals surface area contributed by atoms with Crippen molar-refractivity contribution in [1.29, 1.82) is 0 Å². The van der Waals surface area contributed by atoms with Crippen LogP contribution in [0.25, 0.3) is 0 Å². The summed E-state index contributed by atoms with van der Waals surface area (Å²) in [5, 5.41) is 38.2. The molecule has 13 nitrogen and oxygen atoms in total. The van der Waals surface area contributed by atoms with Crippen LogP contribution in [0.5, 0.6) is 0 Å². The van der Waals surface area contributed by atoms with Gasteiger partial charge in [0.15, 0.2) is 12.4 Å². The van der Waals surface area contributed by atoms with Gasteiger partial charge >= 0.3 is 13.5 Å². The molecule has 0 bridgehead atoms. The van der Waals surface area contributed by atoms with Crippen molar-refractivity contribution in [2.45, 2.75) is 56.7 Å². The molecule has 0 aromatic carbocycles. The molecule has 14 heteroatoms. The average molecular weight is 440 g/mol. The van der Waals surface area contributed by atoms with E-state index in [9.17, 15) is 44.3 Å². The van der Waals surface area contributed by atoms with E-state index in [-0.39, 0.29) is 31.1 Å². The quantitative estimate of drug-likeness (QED) is 0.126. The van der Waals surface area contributed by atoms with Crippen LogP contribution in [0.2, 0.25) is 0 Å². The first-order valence-corrected chi connectivity index (χ1v) is 10.1. The first-order valence-electron chi connectivity index (χ1n) is 8.61.